The van der Waals surface area contributed by atoms with Crippen LogP contribution in [0.4, 0.5) is 10.1 Å². The molecule has 0 aromatic heterocycles. The lowest BCUT2D eigenvalue weighted by Gasteiger charge is -2.09. The summed E-state index contributed by atoms with van der Waals surface area (Å²) in [7, 11) is 0. The Morgan fingerprint density at radius 2 is 1.52 bits per heavy atom. The number of benzene rings is 2. The SMILES string of the molecule is CCc1ccc(OCC(=O)NNC(=O)CSCC(=O)Nc2ccc(F)cc2)cc1. The van der Waals surface area contributed by atoms with E-state index in [0.717, 1.165) is 23.7 Å². The van der Waals surface area contributed by atoms with Gasteiger partial charge in [-0.15, -0.1) is 11.8 Å². The van der Waals surface area contributed by atoms with Gasteiger partial charge in [0.25, 0.3) is 5.91 Å². The average Bonchev–Trinajstić information content (AvgIpc) is 2.72. The standard InChI is InChI=1S/C20H22FN3O4S/c1-2-14-3-9-17(10-4-14)28-11-18(25)23-24-20(27)13-29-12-19(26)22-16-7-5-15(21)6-8-16/h3-10H,2,11-13H2,1H3,(H,22,26)(H,23,25)(H,24,27). The lowest BCUT2D eigenvalue weighted by molar-refractivity contribution is -0.128. The molecule has 2 rings (SSSR count). The number of anilines is 1. The normalized spacial score (nSPS) is 10.1. The van der Waals surface area contributed by atoms with Crippen LogP contribution in [0.3, 0.4) is 0 Å². The monoisotopic (exact) mass is 419 g/mol. The van der Waals surface area contributed by atoms with Crippen LogP contribution in [0.5, 0.6) is 5.75 Å². The van der Waals surface area contributed by atoms with E-state index in [0.29, 0.717) is 11.4 Å². The lowest BCUT2D eigenvalue weighted by Crippen LogP contribution is -2.44. The van der Waals surface area contributed by atoms with Crippen LogP contribution in [-0.4, -0.2) is 35.8 Å². The molecule has 0 radical (unpaired) electrons. The summed E-state index contributed by atoms with van der Waals surface area (Å²) >= 11 is 1.08. The zero-order chi connectivity index (χ0) is 21.1. The van der Waals surface area contributed by atoms with Crippen LogP contribution >= 0.6 is 11.8 Å². The summed E-state index contributed by atoms with van der Waals surface area (Å²) in [6, 6.07) is 12.7. The Hall–Kier alpha value is -3.07. The summed E-state index contributed by atoms with van der Waals surface area (Å²) in [6.45, 7) is 1.81. The minimum absolute atomic E-state index is 0.0174. The summed E-state index contributed by atoms with van der Waals surface area (Å²) in [4.78, 5) is 35.2. The Morgan fingerprint density at radius 1 is 0.897 bits per heavy atom. The Morgan fingerprint density at radius 3 is 2.17 bits per heavy atom. The molecule has 0 heterocycles. The van der Waals surface area contributed by atoms with Gasteiger partial charge in [0.1, 0.15) is 11.6 Å². The zero-order valence-corrected chi connectivity index (χ0v) is 16.7. The first kappa shape index (κ1) is 22.2. The molecule has 0 fully saturated rings. The van der Waals surface area contributed by atoms with Crippen LogP contribution in [0.25, 0.3) is 0 Å². The predicted octanol–water partition coefficient (Wildman–Crippen LogP) is 2.29. The number of aryl methyl sites for hydroxylation is 1. The third-order valence-electron chi connectivity index (χ3n) is 3.64. The lowest BCUT2D eigenvalue weighted by atomic mass is 10.2. The molecule has 29 heavy (non-hydrogen) atoms. The molecule has 0 saturated heterocycles. The van der Waals surface area contributed by atoms with Gasteiger partial charge in [-0.2, -0.15) is 0 Å². The van der Waals surface area contributed by atoms with Gasteiger partial charge in [0.05, 0.1) is 11.5 Å². The molecule has 3 N–H and O–H groups in total. The highest BCUT2D eigenvalue weighted by molar-refractivity contribution is 8.00. The number of thioether (sulfide) groups is 1. The molecule has 7 nitrogen and oxygen atoms in total. The molecule has 0 saturated carbocycles. The van der Waals surface area contributed by atoms with Crippen molar-refractivity contribution in [1.29, 1.82) is 0 Å². The smallest absolute Gasteiger partial charge is 0.276 e. The van der Waals surface area contributed by atoms with E-state index >= 15 is 0 Å². The largest absolute Gasteiger partial charge is 0.484 e. The van der Waals surface area contributed by atoms with Crippen LogP contribution in [0, 0.1) is 5.82 Å². The number of hydrogen-bond donors (Lipinski definition) is 3. The van der Waals surface area contributed by atoms with E-state index in [4.69, 9.17) is 4.74 Å². The van der Waals surface area contributed by atoms with E-state index in [9.17, 15) is 18.8 Å². The van der Waals surface area contributed by atoms with Gasteiger partial charge in [0.15, 0.2) is 6.61 Å². The highest BCUT2D eigenvalue weighted by atomic mass is 32.2. The number of hydrazine groups is 1. The summed E-state index contributed by atoms with van der Waals surface area (Å²) in [5.74, 6) is -1.09. The van der Waals surface area contributed by atoms with E-state index in [2.05, 4.69) is 16.2 Å². The summed E-state index contributed by atoms with van der Waals surface area (Å²) in [6.07, 6.45) is 0.915. The van der Waals surface area contributed by atoms with Crippen LogP contribution < -0.4 is 20.9 Å². The molecular formula is C20H22FN3O4S. The van der Waals surface area contributed by atoms with E-state index in [1.165, 1.54) is 24.3 Å². The predicted molar refractivity (Wildman–Crippen MR) is 110 cm³/mol. The maximum atomic E-state index is 12.8. The first-order valence-electron chi connectivity index (χ1n) is 8.89. The summed E-state index contributed by atoms with van der Waals surface area (Å²) in [5.41, 5.74) is 6.13. The molecule has 2 aromatic rings. The van der Waals surface area contributed by atoms with Crippen LogP contribution in [0.15, 0.2) is 48.5 Å². The van der Waals surface area contributed by atoms with Gasteiger partial charge >= 0.3 is 0 Å². The van der Waals surface area contributed by atoms with Gasteiger partial charge in [0, 0.05) is 5.69 Å². The van der Waals surface area contributed by atoms with Crippen molar-refractivity contribution in [2.24, 2.45) is 0 Å². The highest BCUT2D eigenvalue weighted by Gasteiger charge is 2.08. The van der Waals surface area contributed by atoms with Crippen molar-refractivity contribution in [2.45, 2.75) is 13.3 Å². The Bertz CT molecular complexity index is 829. The van der Waals surface area contributed by atoms with Gasteiger partial charge in [0.2, 0.25) is 11.8 Å². The number of carbonyl (C=O) groups is 3. The molecule has 0 unspecified atom stereocenters. The molecule has 0 atom stereocenters. The van der Waals surface area contributed by atoms with Crippen molar-refractivity contribution >= 4 is 35.2 Å². The Labute approximate surface area is 172 Å². The maximum Gasteiger partial charge on any atom is 0.276 e. The maximum absolute atomic E-state index is 12.8. The average molecular weight is 419 g/mol. The van der Waals surface area contributed by atoms with Gasteiger partial charge in [-0.25, -0.2) is 4.39 Å². The molecule has 9 heteroatoms. The van der Waals surface area contributed by atoms with E-state index in [1.807, 2.05) is 19.1 Å². The van der Waals surface area contributed by atoms with Gasteiger partial charge in [-0.1, -0.05) is 19.1 Å². The number of ether oxygens (including phenoxy) is 1. The fraction of sp³-hybridized carbons (Fsp3) is 0.250. The minimum atomic E-state index is -0.503. The molecule has 2 aromatic carbocycles. The van der Waals surface area contributed by atoms with Crippen molar-refractivity contribution in [3.8, 4) is 5.75 Å². The number of halogens is 1. The summed E-state index contributed by atoms with van der Waals surface area (Å²) < 4.78 is 18.1. The number of carbonyl (C=O) groups excluding carboxylic acids is 3. The quantitative estimate of drug-likeness (QED) is 0.542. The molecule has 0 aliphatic rings. The second kappa shape index (κ2) is 11.7. The van der Waals surface area contributed by atoms with Crippen LogP contribution in [-0.2, 0) is 20.8 Å². The third-order valence-corrected chi connectivity index (χ3v) is 4.57. The van der Waals surface area contributed by atoms with E-state index < -0.39 is 17.6 Å². The van der Waals surface area contributed by atoms with E-state index in [-0.39, 0.29) is 24.0 Å². The first-order chi connectivity index (χ1) is 14.0. The zero-order valence-electron chi connectivity index (χ0n) is 15.9. The number of amides is 3. The van der Waals surface area contributed by atoms with Crippen molar-refractivity contribution in [2.75, 3.05) is 23.4 Å². The van der Waals surface area contributed by atoms with Crippen molar-refractivity contribution in [3.05, 3.63) is 59.9 Å². The molecular weight excluding hydrogens is 397 g/mol. The van der Waals surface area contributed by atoms with Crippen molar-refractivity contribution < 1.29 is 23.5 Å². The minimum Gasteiger partial charge on any atom is -0.484 e. The van der Waals surface area contributed by atoms with E-state index in [1.54, 1.807) is 12.1 Å². The van der Waals surface area contributed by atoms with Gasteiger partial charge in [-0.05, 0) is 48.4 Å². The third kappa shape index (κ3) is 8.65. The fourth-order valence-electron chi connectivity index (χ4n) is 2.15. The molecule has 0 aliphatic carbocycles. The van der Waals surface area contributed by atoms with Crippen molar-refractivity contribution in [3.63, 3.8) is 0 Å². The number of nitrogens with one attached hydrogen (secondary N) is 3. The summed E-state index contributed by atoms with van der Waals surface area (Å²) in [5, 5.41) is 2.59. The Balaban J connectivity index is 1.57. The van der Waals surface area contributed by atoms with Gasteiger partial charge < -0.3 is 10.1 Å². The molecule has 3 amide bonds. The second-order valence-electron chi connectivity index (χ2n) is 5.93. The Kier molecular flexibility index (Phi) is 8.97. The molecule has 0 bridgehead atoms. The topological polar surface area (TPSA) is 96.5 Å². The fourth-order valence-corrected chi connectivity index (χ4v) is 2.77. The van der Waals surface area contributed by atoms with Crippen LogP contribution in [0.1, 0.15) is 12.5 Å². The molecule has 0 spiro atoms. The number of rotatable bonds is 9. The van der Waals surface area contributed by atoms with Crippen molar-refractivity contribution in [1.82, 2.24) is 10.9 Å². The second-order valence-corrected chi connectivity index (χ2v) is 6.92. The van der Waals surface area contributed by atoms with Gasteiger partial charge in [-0.3, -0.25) is 25.2 Å². The highest BCUT2D eigenvalue weighted by Crippen LogP contribution is 2.12. The molecule has 0 aliphatic heterocycles. The first-order valence-corrected chi connectivity index (χ1v) is 10.0. The number of hydrogen-bond acceptors (Lipinski definition) is 5. The molecule has 154 valence electrons. The van der Waals surface area contributed by atoms with Crippen LogP contribution in [0.2, 0.25) is 0 Å².